The zero-order valence-electron chi connectivity index (χ0n) is 12.6. The van der Waals surface area contributed by atoms with E-state index in [0.29, 0.717) is 12.2 Å². The SMILES string of the molecule is CCN[C@H](C)CNC(=O)CN(C)c1ccccc1[N+](=O)[O-]. The number of hydrogen-bond acceptors (Lipinski definition) is 5. The predicted octanol–water partition coefficient (Wildman–Crippen LogP) is 1.15. The minimum atomic E-state index is -0.447. The lowest BCUT2D eigenvalue weighted by Gasteiger charge is -2.19. The van der Waals surface area contributed by atoms with Gasteiger partial charge in [-0.25, -0.2) is 0 Å². The van der Waals surface area contributed by atoms with E-state index in [1.54, 1.807) is 30.1 Å². The number of nitro benzene ring substituents is 1. The van der Waals surface area contributed by atoms with Crippen LogP contribution in [0.3, 0.4) is 0 Å². The number of amides is 1. The van der Waals surface area contributed by atoms with E-state index in [1.165, 1.54) is 6.07 Å². The Labute approximate surface area is 124 Å². The second-order valence-corrected chi connectivity index (χ2v) is 4.86. The third-order valence-corrected chi connectivity index (χ3v) is 3.03. The van der Waals surface area contributed by atoms with Gasteiger partial charge in [-0.1, -0.05) is 19.1 Å². The number of carbonyl (C=O) groups excluding carboxylic acids is 1. The molecule has 0 fully saturated rings. The van der Waals surface area contributed by atoms with E-state index in [2.05, 4.69) is 10.6 Å². The molecule has 1 rings (SSSR count). The summed E-state index contributed by atoms with van der Waals surface area (Å²) in [6.45, 7) is 5.42. The van der Waals surface area contributed by atoms with Crippen LogP contribution in [0.1, 0.15) is 13.8 Å². The molecule has 0 saturated carbocycles. The number of benzene rings is 1. The van der Waals surface area contributed by atoms with Gasteiger partial charge in [-0.15, -0.1) is 0 Å². The fraction of sp³-hybridized carbons (Fsp3) is 0.500. The molecular weight excluding hydrogens is 272 g/mol. The van der Waals surface area contributed by atoms with Gasteiger partial charge in [0.05, 0.1) is 11.5 Å². The summed E-state index contributed by atoms with van der Waals surface area (Å²) in [6.07, 6.45) is 0. The molecule has 0 spiro atoms. The number of rotatable bonds is 8. The van der Waals surface area contributed by atoms with E-state index in [-0.39, 0.29) is 24.2 Å². The van der Waals surface area contributed by atoms with Gasteiger partial charge in [0.25, 0.3) is 5.69 Å². The summed E-state index contributed by atoms with van der Waals surface area (Å²) in [4.78, 5) is 24.0. The summed E-state index contributed by atoms with van der Waals surface area (Å²) in [5, 5.41) is 17.0. The van der Waals surface area contributed by atoms with Gasteiger partial charge >= 0.3 is 0 Å². The number of anilines is 1. The molecule has 2 N–H and O–H groups in total. The number of carbonyl (C=O) groups is 1. The molecule has 7 heteroatoms. The molecule has 0 aliphatic rings. The highest BCUT2D eigenvalue weighted by atomic mass is 16.6. The van der Waals surface area contributed by atoms with Crippen molar-refractivity contribution in [3.8, 4) is 0 Å². The summed E-state index contributed by atoms with van der Waals surface area (Å²) in [7, 11) is 1.66. The van der Waals surface area contributed by atoms with Gasteiger partial charge in [-0.3, -0.25) is 14.9 Å². The van der Waals surface area contributed by atoms with Crippen molar-refractivity contribution in [2.24, 2.45) is 0 Å². The van der Waals surface area contributed by atoms with Crippen molar-refractivity contribution >= 4 is 17.3 Å². The molecule has 7 nitrogen and oxygen atoms in total. The minimum absolute atomic E-state index is 0.00572. The Balaban J connectivity index is 2.59. The van der Waals surface area contributed by atoms with Crippen LogP contribution in [0.4, 0.5) is 11.4 Å². The van der Waals surface area contributed by atoms with E-state index < -0.39 is 4.92 Å². The average Bonchev–Trinajstić information content (AvgIpc) is 2.45. The highest BCUT2D eigenvalue weighted by molar-refractivity contribution is 5.82. The molecule has 0 heterocycles. The molecule has 0 aliphatic heterocycles. The van der Waals surface area contributed by atoms with Crippen LogP contribution < -0.4 is 15.5 Å². The molecule has 0 unspecified atom stereocenters. The fourth-order valence-corrected chi connectivity index (χ4v) is 1.99. The van der Waals surface area contributed by atoms with Gasteiger partial charge in [0, 0.05) is 25.7 Å². The van der Waals surface area contributed by atoms with E-state index >= 15 is 0 Å². The molecule has 1 aromatic carbocycles. The lowest BCUT2D eigenvalue weighted by Crippen LogP contribution is -2.42. The van der Waals surface area contributed by atoms with Crippen LogP contribution in [0.25, 0.3) is 0 Å². The molecule has 1 aromatic rings. The Kier molecular flexibility index (Phi) is 6.61. The molecule has 116 valence electrons. The predicted molar refractivity (Wildman–Crippen MR) is 82.5 cm³/mol. The average molecular weight is 294 g/mol. The highest BCUT2D eigenvalue weighted by Crippen LogP contribution is 2.26. The third-order valence-electron chi connectivity index (χ3n) is 3.03. The number of nitrogens with zero attached hydrogens (tertiary/aromatic N) is 2. The third kappa shape index (κ3) is 5.39. The van der Waals surface area contributed by atoms with Crippen molar-refractivity contribution in [3.05, 3.63) is 34.4 Å². The number of nitrogens with one attached hydrogen (secondary N) is 2. The number of nitro groups is 1. The summed E-state index contributed by atoms with van der Waals surface area (Å²) in [5.74, 6) is -0.166. The maximum absolute atomic E-state index is 11.9. The van der Waals surface area contributed by atoms with Crippen molar-refractivity contribution in [1.82, 2.24) is 10.6 Å². The minimum Gasteiger partial charge on any atom is -0.360 e. The first-order valence-corrected chi connectivity index (χ1v) is 6.90. The lowest BCUT2D eigenvalue weighted by molar-refractivity contribution is -0.384. The van der Waals surface area contributed by atoms with E-state index in [4.69, 9.17) is 0 Å². The quantitative estimate of drug-likeness (QED) is 0.554. The first kappa shape index (κ1) is 16.9. The number of likely N-dealkylation sites (N-methyl/N-ethyl adjacent to an activating group) is 2. The van der Waals surface area contributed by atoms with Crippen molar-refractivity contribution in [1.29, 1.82) is 0 Å². The van der Waals surface area contributed by atoms with Crippen LogP contribution in [0.5, 0.6) is 0 Å². The first-order chi connectivity index (χ1) is 9.95. The Morgan fingerprint density at radius 3 is 2.71 bits per heavy atom. The van der Waals surface area contributed by atoms with Crippen LogP contribution >= 0.6 is 0 Å². The van der Waals surface area contributed by atoms with Crippen LogP contribution in [-0.2, 0) is 4.79 Å². The van der Waals surface area contributed by atoms with E-state index in [1.807, 2.05) is 13.8 Å². The molecule has 0 aliphatic carbocycles. The molecule has 0 aromatic heterocycles. The summed E-state index contributed by atoms with van der Waals surface area (Å²) in [5.41, 5.74) is 0.422. The molecule has 21 heavy (non-hydrogen) atoms. The Morgan fingerprint density at radius 2 is 2.10 bits per heavy atom. The standard InChI is InChI=1S/C14H22N4O3/c1-4-15-11(2)9-16-14(19)10-17(3)12-7-5-6-8-13(12)18(20)21/h5-8,11,15H,4,9-10H2,1-3H3,(H,16,19)/t11-/m1/s1. The van der Waals surface area contributed by atoms with Gasteiger partial charge in [-0.05, 0) is 19.5 Å². The normalized spacial score (nSPS) is 11.8. The lowest BCUT2D eigenvalue weighted by atomic mass is 10.2. The van der Waals surface area contributed by atoms with Crippen molar-refractivity contribution < 1.29 is 9.72 Å². The van der Waals surface area contributed by atoms with Gasteiger partial charge in [0.1, 0.15) is 5.69 Å². The van der Waals surface area contributed by atoms with E-state index in [9.17, 15) is 14.9 Å². The van der Waals surface area contributed by atoms with Crippen LogP contribution in [0, 0.1) is 10.1 Å². The van der Waals surface area contributed by atoms with Crippen molar-refractivity contribution in [2.75, 3.05) is 31.6 Å². The number of hydrogen-bond donors (Lipinski definition) is 2. The zero-order valence-corrected chi connectivity index (χ0v) is 12.6. The first-order valence-electron chi connectivity index (χ1n) is 6.90. The zero-order chi connectivity index (χ0) is 15.8. The summed E-state index contributed by atoms with van der Waals surface area (Å²) >= 11 is 0. The topological polar surface area (TPSA) is 87.5 Å². The highest BCUT2D eigenvalue weighted by Gasteiger charge is 2.17. The Hall–Kier alpha value is -2.15. The van der Waals surface area contributed by atoms with Gasteiger partial charge in [0.2, 0.25) is 5.91 Å². The van der Waals surface area contributed by atoms with Crippen LogP contribution in [0.2, 0.25) is 0 Å². The summed E-state index contributed by atoms with van der Waals surface area (Å²) in [6, 6.07) is 6.57. The smallest absolute Gasteiger partial charge is 0.292 e. The van der Waals surface area contributed by atoms with E-state index in [0.717, 1.165) is 6.54 Å². The van der Waals surface area contributed by atoms with Crippen molar-refractivity contribution in [2.45, 2.75) is 19.9 Å². The van der Waals surface area contributed by atoms with Gasteiger partial charge in [-0.2, -0.15) is 0 Å². The Bertz CT molecular complexity index is 493. The van der Waals surface area contributed by atoms with Gasteiger partial charge in [0.15, 0.2) is 0 Å². The van der Waals surface area contributed by atoms with Crippen LogP contribution in [0.15, 0.2) is 24.3 Å². The summed E-state index contributed by atoms with van der Waals surface area (Å²) < 4.78 is 0. The molecule has 0 bridgehead atoms. The van der Waals surface area contributed by atoms with Crippen LogP contribution in [-0.4, -0.2) is 43.6 Å². The largest absolute Gasteiger partial charge is 0.360 e. The maximum atomic E-state index is 11.9. The molecule has 1 atom stereocenters. The van der Waals surface area contributed by atoms with Gasteiger partial charge < -0.3 is 15.5 Å². The van der Waals surface area contributed by atoms with Crippen molar-refractivity contribution in [3.63, 3.8) is 0 Å². The second-order valence-electron chi connectivity index (χ2n) is 4.86. The second kappa shape index (κ2) is 8.21. The monoisotopic (exact) mass is 294 g/mol. The molecule has 0 radical (unpaired) electrons. The maximum Gasteiger partial charge on any atom is 0.292 e. The number of para-hydroxylation sites is 2. The molecular formula is C14H22N4O3. The molecule has 0 saturated heterocycles. The fourth-order valence-electron chi connectivity index (χ4n) is 1.99. The molecule has 1 amide bonds. The Morgan fingerprint density at radius 1 is 1.43 bits per heavy atom.